The van der Waals surface area contributed by atoms with Gasteiger partial charge in [0.1, 0.15) is 0 Å². The maximum Gasteiger partial charge on any atom is 0.323 e. The van der Waals surface area contributed by atoms with Crippen molar-refractivity contribution in [2.45, 2.75) is 25.8 Å². The van der Waals surface area contributed by atoms with Crippen LogP contribution in [0.15, 0.2) is 23.0 Å². The molecular formula is C16H24N4O. The average molecular weight is 288 g/mol. The van der Waals surface area contributed by atoms with Crippen molar-refractivity contribution in [2.75, 3.05) is 26.7 Å². The van der Waals surface area contributed by atoms with Gasteiger partial charge in [0, 0.05) is 6.04 Å². The maximum absolute atomic E-state index is 11.3. The Labute approximate surface area is 124 Å². The number of hydrogen-bond acceptors (Lipinski definition) is 3. The molecule has 2 aromatic rings. The van der Waals surface area contributed by atoms with E-state index in [1.807, 2.05) is 6.07 Å². The summed E-state index contributed by atoms with van der Waals surface area (Å²) in [6, 6.07) is 6.40. The van der Waals surface area contributed by atoms with Crippen LogP contribution in [-0.2, 0) is 0 Å². The molecule has 2 heterocycles. The number of piperidine rings is 1. The SMILES string of the molecule is CC(NCC1CCN(C)CC1)c1ccc2[nH]c(=O)[nH]c2c1. The fourth-order valence-corrected chi connectivity index (χ4v) is 3.05. The van der Waals surface area contributed by atoms with E-state index in [1.165, 1.54) is 31.5 Å². The molecule has 1 aliphatic heterocycles. The van der Waals surface area contributed by atoms with Gasteiger partial charge in [-0.05, 0) is 70.1 Å². The van der Waals surface area contributed by atoms with Crippen molar-refractivity contribution in [1.29, 1.82) is 0 Å². The molecule has 0 amide bonds. The minimum atomic E-state index is -0.144. The van der Waals surface area contributed by atoms with Crippen molar-refractivity contribution in [3.63, 3.8) is 0 Å². The third-order valence-electron chi connectivity index (χ3n) is 4.59. The Balaban J connectivity index is 1.61. The van der Waals surface area contributed by atoms with Crippen LogP contribution in [0.4, 0.5) is 0 Å². The lowest BCUT2D eigenvalue weighted by Gasteiger charge is -2.30. The Hall–Kier alpha value is -1.59. The average Bonchev–Trinajstić information content (AvgIpc) is 2.85. The zero-order valence-electron chi connectivity index (χ0n) is 12.8. The first kappa shape index (κ1) is 14.4. The van der Waals surface area contributed by atoms with E-state index in [4.69, 9.17) is 0 Å². The van der Waals surface area contributed by atoms with Gasteiger partial charge in [-0.25, -0.2) is 4.79 Å². The van der Waals surface area contributed by atoms with Crippen molar-refractivity contribution in [3.05, 3.63) is 34.2 Å². The number of likely N-dealkylation sites (tertiary alicyclic amines) is 1. The number of aromatic nitrogens is 2. The fourth-order valence-electron chi connectivity index (χ4n) is 3.05. The Kier molecular flexibility index (Phi) is 4.12. The first-order chi connectivity index (χ1) is 10.1. The quantitative estimate of drug-likeness (QED) is 0.804. The lowest BCUT2D eigenvalue weighted by atomic mass is 9.96. The molecule has 21 heavy (non-hydrogen) atoms. The molecule has 1 aromatic carbocycles. The summed E-state index contributed by atoms with van der Waals surface area (Å²) in [6.45, 7) is 5.66. The van der Waals surface area contributed by atoms with E-state index < -0.39 is 0 Å². The maximum atomic E-state index is 11.3. The number of fused-ring (bicyclic) bond motifs is 1. The topological polar surface area (TPSA) is 63.9 Å². The van der Waals surface area contributed by atoms with Crippen molar-refractivity contribution in [3.8, 4) is 0 Å². The standard InChI is InChI=1S/C16H24N4O/c1-11(17-10-12-5-7-20(2)8-6-12)13-3-4-14-15(9-13)19-16(21)18-14/h3-4,9,11-12,17H,5-8,10H2,1-2H3,(H2,18,19,21). The van der Waals surface area contributed by atoms with Crippen LogP contribution >= 0.6 is 0 Å². The molecule has 0 spiro atoms. The lowest BCUT2D eigenvalue weighted by Crippen LogP contribution is -2.35. The first-order valence-electron chi connectivity index (χ1n) is 7.75. The molecule has 1 aliphatic rings. The van der Waals surface area contributed by atoms with Gasteiger partial charge in [-0.3, -0.25) is 0 Å². The largest absolute Gasteiger partial charge is 0.323 e. The van der Waals surface area contributed by atoms with Crippen molar-refractivity contribution in [1.82, 2.24) is 20.2 Å². The van der Waals surface area contributed by atoms with Crippen molar-refractivity contribution in [2.24, 2.45) is 5.92 Å². The molecule has 3 rings (SSSR count). The van der Waals surface area contributed by atoms with Crippen LogP contribution in [0.25, 0.3) is 11.0 Å². The van der Waals surface area contributed by atoms with E-state index in [0.717, 1.165) is 23.5 Å². The highest BCUT2D eigenvalue weighted by molar-refractivity contribution is 5.75. The second-order valence-electron chi connectivity index (χ2n) is 6.26. The summed E-state index contributed by atoms with van der Waals surface area (Å²) in [5.41, 5.74) is 2.82. The zero-order valence-corrected chi connectivity index (χ0v) is 12.8. The van der Waals surface area contributed by atoms with E-state index in [-0.39, 0.29) is 5.69 Å². The number of aromatic amines is 2. The number of H-pyrrole nitrogens is 2. The van der Waals surface area contributed by atoms with E-state index >= 15 is 0 Å². The van der Waals surface area contributed by atoms with Crippen LogP contribution in [0, 0.1) is 5.92 Å². The minimum absolute atomic E-state index is 0.144. The van der Waals surface area contributed by atoms with Crippen LogP contribution < -0.4 is 11.0 Å². The highest BCUT2D eigenvalue weighted by atomic mass is 16.1. The monoisotopic (exact) mass is 288 g/mol. The summed E-state index contributed by atoms with van der Waals surface area (Å²) in [6.07, 6.45) is 2.56. The Morgan fingerprint density at radius 1 is 1.29 bits per heavy atom. The molecule has 1 saturated heterocycles. The third-order valence-corrected chi connectivity index (χ3v) is 4.59. The molecule has 5 heteroatoms. The normalized spacial score (nSPS) is 19.1. The number of benzene rings is 1. The summed E-state index contributed by atoms with van der Waals surface area (Å²) in [5.74, 6) is 0.777. The number of nitrogens with zero attached hydrogens (tertiary/aromatic N) is 1. The minimum Gasteiger partial charge on any atom is -0.310 e. The number of nitrogens with one attached hydrogen (secondary N) is 3. The summed E-state index contributed by atoms with van der Waals surface area (Å²) < 4.78 is 0. The molecule has 1 fully saturated rings. The van der Waals surface area contributed by atoms with Gasteiger partial charge in [-0.1, -0.05) is 6.07 Å². The van der Waals surface area contributed by atoms with Gasteiger partial charge in [0.15, 0.2) is 0 Å². The molecule has 3 N–H and O–H groups in total. The summed E-state index contributed by atoms with van der Waals surface area (Å²) >= 11 is 0. The van der Waals surface area contributed by atoms with Gasteiger partial charge in [0.25, 0.3) is 0 Å². The molecule has 1 unspecified atom stereocenters. The van der Waals surface area contributed by atoms with Crippen LogP contribution in [0.5, 0.6) is 0 Å². The van der Waals surface area contributed by atoms with Crippen molar-refractivity contribution < 1.29 is 0 Å². The second kappa shape index (κ2) is 6.03. The van der Waals surface area contributed by atoms with Gasteiger partial charge in [0.05, 0.1) is 11.0 Å². The highest BCUT2D eigenvalue weighted by Gasteiger charge is 2.17. The molecule has 0 aliphatic carbocycles. The lowest BCUT2D eigenvalue weighted by molar-refractivity contribution is 0.213. The summed E-state index contributed by atoms with van der Waals surface area (Å²) in [5, 5.41) is 3.63. The van der Waals surface area contributed by atoms with Gasteiger partial charge in [-0.15, -0.1) is 0 Å². The number of rotatable bonds is 4. The third kappa shape index (κ3) is 3.36. The second-order valence-corrected chi connectivity index (χ2v) is 6.26. The fraction of sp³-hybridized carbons (Fsp3) is 0.562. The van der Waals surface area contributed by atoms with Crippen LogP contribution in [0.3, 0.4) is 0 Å². The van der Waals surface area contributed by atoms with E-state index in [9.17, 15) is 4.79 Å². The highest BCUT2D eigenvalue weighted by Crippen LogP contribution is 2.19. The summed E-state index contributed by atoms with van der Waals surface area (Å²) in [4.78, 5) is 19.3. The molecule has 0 radical (unpaired) electrons. The molecule has 1 atom stereocenters. The van der Waals surface area contributed by atoms with E-state index in [1.54, 1.807) is 0 Å². The summed E-state index contributed by atoms with van der Waals surface area (Å²) in [7, 11) is 2.19. The predicted octanol–water partition coefficient (Wildman–Crippen LogP) is 1.85. The smallest absolute Gasteiger partial charge is 0.310 e. The van der Waals surface area contributed by atoms with Gasteiger partial charge in [0.2, 0.25) is 0 Å². The molecule has 0 saturated carbocycles. The van der Waals surface area contributed by atoms with Gasteiger partial charge in [-0.2, -0.15) is 0 Å². The Bertz CT molecular complexity index is 652. The van der Waals surface area contributed by atoms with Crippen LogP contribution in [0.2, 0.25) is 0 Å². The van der Waals surface area contributed by atoms with Crippen molar-refractivity contribution >= 4 is 11.0 Å². The van der Waals surface area contributed by atoms with Gasteiger partial charge >= 0.3 is 5.69 Å². The van der Waals surface area contributed by atoms with E-state index in [0.29, 0.717) is 6.04 Å². The van der Waals surface area contributed by atoms with E-state index in [2.05, 4.69) is 46.3 Å². The van der Waals surface area contributed by atoms with Gasteiger partial charge < -0.3 is 20.2 Å². The van der Waals surface area contributed by atoms with Crippen LogP contribution in [-0.4, -0.2) is 41.5 Å². The first-order valence-corrected chi connectivity index (χ1v) is 7.75. The molecule has 0 bridgehead atoms. The molecular weight excluding hydrogens is 264 g/mol. The predicted molar refractivity (Wildman–Crippen MR) is 85.6 cm³/mol. The zero-order chi connectivity index (χ0) is 14.8. The van der Waals surface area contributed by atoms with Crippen LogP contribution in [0.1, 0.15) is 31.4 Å². The number of hydrogen-bond donors (Lipinski definition) is 3. The molecule has 114 valence electrons. The number of imidazole rings is 1. The molecule has 5 nitrogen and oxygen atoms in total. The Morgan fingerprint density at radius 2 is 2.00 bits per heavy atom. The Morgan fingerprint density at radius 3 is 2.76 bits per heavy atom. The molecule has 1 aromatic heterocycles.